The highest BCUT2D eigenvalue weighted by Crippen LogP contribution is 2.31. The number of hydrogen-bond acceptors (Lipinski definition) is 10. The molecule has 2 aliphatic rings. The molecule has 2 N–H and O–H groups in total. The molecule has 0 aliphatic carbocycles. The molecular weight excluding hydrogens is 943 g/mol. The lowest BCUT2D eigenvalue weighted by atomic mass is 9.94. The maximum Gasteiger partial charge on any atom is 0.573 e. The van der Waals surface area contributed by atoms with Gasteiger partial charge in [0.15, 0.2) is 0 Å². The molecule has 4 aromatic carbocycles. The number of benzene rings is 4. The maximum atomic E-state index is 13.2. The highest BCUT2D eigenvalue weighted by atomic mass is 19.4. The van der Waals surface area contributed by atoms with E-state index in [4.69, 9.17) is 9.47 Å². The highest BCUT2D eigenvalue weighted by Gasteiger charge is 2.34. The van der Waals surface area contributed by atoms with Crippen molar-refractivity contribution in [2.45, 2.75) is 50.5 Å². The van der Waals surface area contributed by atoms with E-state index in [9.17, 15) is 35.9 Å². The molecule has 8 rings (SSSR count). The number of hydrogen-bond donors (Lipinski definition) is 2. The van der Waals surface area contributed by atoms with Gasteiger partial charge in [-0.3, -0.25) is 29.4 Å². The number of pyridine rings is 2. The minimum absolute atomic E-state index is 0.145. The number of rotatable bonds is 18. The lowest BCUT2D eigenvalue weighted by Gasteiger charge is -2.32. The van der Waals surface area contributed by atoms with Gasteiger partial charge >= 0.3 is 12.7 Å². The molecule has 2 unspecified atom stereocenters. The second-order valence-electron chi connectivity index (χ2n) is 17.2. The average Bonchev–Trinajstić information content (AvgIpc) is 3.38. The van der Waals surface area contributed by atoms with Gasteiger partial charge in [0.25, 0.3) is 0 Å². The number of ether oxygens (including phenoxy) is 4. The Bertz CT molecular complexity index is 2390. The van der Waals surface area contributed by atoms with Crippen LogP contribution in [0.25, 0.3) is 0 Å². The summed E-state index contributed by atoms with van der Waals surface area (Å²) in [6, 6.07) is 39.6. The number of alkyl halides is 6. The predicted octanol–water partition coefficient (Wildman–Crippen LogP) is 9.95. The first-order valence-electron chi connectivity index (χ1n) is 23.7. The second-order valence-corrected chi connectivity index (χ2v) is 17.2. The number of carbonyl (C=O) groups is 2. The van der Waals surface area contributed by atoms with E-state index < -0.39 is 24.8 Å². The van der Waals surface area contributed by atoms with Gasteiger partial charge in [-0.15, -0.1) is 26.3 Å². The van der Waals surface area contributed by atoms with Crippen LogP contribution in [0.4, 0.5) is 26.3 Å². The molecule has 2 amide bonds. The number of para-hydroxylation sites is 2. The molecule has 72 heavy (non-hydrogen) atoms. The number of nitrogens with one attached hydrogen (secondary N) is 2. The van der Waals surface area contributed by atoms with Crippen molar-refractivity contribution in [3.8, 4) is 23.0 Å². The lowest BCUT2D eigenvalue weighted by molar-refractivity contribution is -0.275. The van der Waals surface area contributed by atoms with Crippen LogP contribution in [0.5, 0.6) is 23.0 Å². The molecule has 0 radical (unpaired) electrons. The molecule has 2 saturated heterocycles. The Hall–Kier alpha value is -7.18. The van der Waals surface area contributed by atoms with E-state index in [2.05, 4.69) is 39.9 Å². The van der Waals surface area contributed by atoms with Crippen LogP contribution in [0.2, 0.25) is 0 Å². The third kappa shape index (κ3) is 17.0. The maximum absolute atomic E-state index is 13.2. The summed E-state index contributed by atoms with van der Waals surface area (Å²) in [5.74, 6) is 0.284. The Morgan fingerprint density at radius 2 is 0.861 bits per heavy atom. The van der Waals surface area contributed by atoms with Gasteiger partial charge in [0.2, 0.25) is 11.8 Å². The quantitative estimate of drug-likeness (QED) is 0.0804. The summed E-state index contributed by atoms with van der Waals surface area (Å²) in [5, 5.41) is 6.01. The SMILES string of the molecule is O=C(NC(c1cccc(OC(F)(F)F)c1)c1ccccn1)C1CCN(CCOc2ccccc2)CC1.O=C(NC(c1cccc(OC(F)(F)F)c1)c1ccccn1)C1CCN(CCOc2ccccc2)CC1. The van der Waals surface area contributed by atoms with E-state index in [1.54, 1.807) is 60.9 Å². The third-order valence-corrected chi connectivity index (χ3v) is 12.1. The first kappa shape index (κ1) is 52.6. The van der Waals surface area contributed by atoms with Crippen molar-refractivity contribution in [1.82, 2.24) is 30.4 Å². The van der Waals surface area contributed by atoms with Gasteiger partial charge in [0.1, 0.15) is 36.2 Å². The molecule has 0 spiro atoms. The molecule has 0 bridgehead atoms. The van der Waals surface area contributed by atoms with Crippen molar-refractivity contribution in [2.24, 2.45) is 11.8 Å². The summed E-state index contributed by atoms with van der Waals surface area (Å²) < 4.78 is 96.1. The number of likely N-dealkylation sites (tertiary alicyclic amines) is 2. The third-order valence-electron chi connectivity index (χ3n) is 12.1. The molecule has 0 saturated carbocycles. The van der Waals surface area contributed by atoms with Gasteiger partial charge < -0.3 is 29.6 Å². The number of aromatic nitrogens is 2. The van der Waals surface area contributed by atoms with Crippen LogP contribution in [-0.4, -0.2) is 96.8 Å². The summed E-state index contributed by atoms with van der Waals surface area (Å²) in [4.78, 5) is 39.5. The van der Waals surface area contributed by atoms with E-state index in [-0.39, 0.29) is 35.1 Å². The van der Waals surface area contributed by atoms with Crippen molar-refractivity contribution in [2.75, 3.05) is 52.5 Å². The first-order chi connectivity index (χ1) is 34.7. The summed E-state index contributed by atoms with van der Waals surface area (Å²) in [6.07, 6.45) is -3.70. The van der Waals surface area contributed by atoms with Gasteiger partial charge in [0, 0.05) is 37.3 Å². The zero-order valence-corrected chi connectivity index (χ0v) is 39.3. The Kier molecular flexibility index (Phi) is 18.9. The summed E-state index contributed by atoms with van der Waals surface area (Å²) >= 11 is 0. The van der Waals surface area contributed by atoms with Crippen molar-refractivity contribution in [1.29, 1.82) is 0 Å². The van der Waals surface area contributed by atoms with Crippen LogP contribution in [-0.2, 0) is 9.59 Å². The van der Waals surface area contributed by atoms with Crippen molar-refractivity contribution < 1.29 is 54.9 Å². The van der Waals surface area contributed by atoms with Crippen molar-refractivity contribution in [3.63, 3.8) is 0 Å². The van der Waals surface area contributed by atoms with Crippen LogP contribution >= 0.6 is 0 Å². The number of halogens is 6. The summed E-state index contributed by atoms with van der Waals surface area (Å²) in [6.45, 7) is 5.73. The number of amides is 2. The van der Waals surface area contributed by atoms with Crippen LogP contribution in [0.3, 0.4) is 0 Å². The van der Waals surface area contributed by atoms with Crippen LogP contribution in [0.1, 0.15) is 60.3 Å². The summed E-state index contributed by atoms with van der Waals surface area (Å²) in [5.41, 5.74) is 1.98. The van der Waals surface area contributed by atoms with Gasteiger partial charge in [-0.1, -0.05) is 72.8 Å². The van der Waals surface area contributed by atoms with Gasteiger partial charge in [0.05, 0.1) is 23.5 Å². The minimum atomic E-state index is -4.80. The Morgan fingerprint density at radius 1 is 0.500 bits per heavy atom. The van der Waals surface area contributed by atoms with E-state index >= 15 is 0 Å². The monoisotopic (exact) mass is 998 g/mol. The predicted molar refractivity (Wildman–Crippen MR) is 257 cm³/mol. The number of nitrogens with zero attached hydrogens (tertiary/aromatic N) is 4. The fourth-order valence-electron chi connectivity index (χ4n) is 8.51. The zero-order valence-electron chi connectivity index (χ0n) is 39.3. The largest absolute Gasteiger partial charge is 0.573 e. The summed E-state index contributed by atoms with van der Waals surface area (Å²) in [7, 11) is 0. The molecule has 2 aromatic heterocycles. The molecule has 18 heteroatoms. The second kappa shape index (κ2) is 25.8. The van der Waals surface area contributed by atoms with Crippen molar-refractivity contribution in [3.05, 3.63) is 181 Å². The smallest absolute Gasteiger partial charge is 0.492 e. The molecule has 2 fully saturated rings. The zero-order chi connectivity index (χ0) is 50.8. The average molecular weight is 999 g/mol. The minimum Gasteiger partial charge on any atom is -0.492 e. The van der Waals surface area contributed by atoms with E-state index in [1.165, 1.54) is 36.4 Å². The van der Waals surface area contributed by atoms with Gasteiger partial charge in [-0.25, -0.2) is 0 Å². The molecule has 2 aliphatic heterocycles. The molecule has 4 heterocycles. The van der Waals surface area contributed by atoms with Crippen LogP contribution in [0.15, 0.2) is 158 Å². The normalized spacial score (nSPS) is 15.8. The van der Waals surface area contributed by atoms with Crippen LogP contribution < -0.4 is 29.6 Å². The molecule has 6 aromatic rings. The van der Waals surface area contributed by atoms with Crippen molar-refractivity contribution >= 4 is 11.8 Å². The van der Waals surface area contributed by atoms with E-state index in [0.29, 0.717) is 61.4 Å². The Labute approximate surface area is 414 Å². The first-order valence-corrected chi connectivity index (χ1v) is 23.7. The molecular formula is C54H56F6N6O6. The Balaban J connectivity index is 0.000000211. The van der Waals surface area contributed by atoms with Gasteiger partial charge in [-0.2, -0.15) is 0 Å². The molecule has 12 nitrogen and oxygen atoms in total. The van der Waals surface area contributed by atoms with E-state index in [0.717, 1.165) is 50.8 Å². The van der Waals surface area contributed by atoms with E-state index in [1.807, 2.05) is 60.7 Å². The Morgan fingerprint density at radius 3 is 1.21 bits per heavy atom. The topological polar surface area (TPSA) is 127 Å². The number of piperidine rings is 2. The lowest BCUT2D eigenvalue weighted by Crippen LogP contribution is -2.43. The van der Waals surface area contributed by atoms with Crippen LogP contribution in [0, 0.1) is 11.8 Å². The molecule has 2 atom stereocenters. The molecule has 380 valence electrons. The van der Waals surface area contributed by atoms with Gasteiger partial charge in [-0.05, 0) is 136 Å². The highest BCUT2D eigenvalue weighted by molar-refractivity contribution is 5.80. The number of carbonyl (C=O) groups excluding carboxylic acids is 2. The fraction of sp³-hybridized carbons (Fsp3) is 0.333. The standard InChI is InChI=1S/2C27H28F3N3O3/c2*28-27(29,30)36-23-10-6-7-21(19-23)25(24-11-4-5-14-31-24)32-26(34)20-12-15-33(16-13-20)17-18-35-22-8-2-1-3-9-22/h2*1-11,14,19-20,25H,12-13,15-18H2,(H,32,34). The fourth-order valence-corrected chi connectivity index (χ4v) is 8.51.